The third-order valence-electron chi connectivity index (χ3n) is 3.21. The second-order valence-electron chi connectivity index (χ2n) is 4.86. The summed E-state index contributed by atoms with van der Waals surface area (Å²) in [4.78, 5) is 0. The minimum atomic E-state index is 0.224. The van der Waals surface area contributed by atoms with E-state index in [1.807, 2.05) is 48.5 Å². The van der Waals surface area contributed by atoms with Gasteiger partial charge in [0.15, 0.2) is 0 Å². The molecule has 0 aliphatic heterocycles. The quantitative estimate of drug-likeness (QED) is 0.676. The van der Waals surface area contributed by atoms with Crippen LogP contribution in [0.3, 0.4) is 0 Å². The molecule has 21 heavy (non-hydrogen) atoms. The van der Waals surface area contributed by atoms with Crippen LogP contribution >= 0.6 is 27.5 Å². The van der Waals surface area contributed by atoms with Gasteiger partial charge in [-0.3, -0.25) is 0 Å². The van der Waals surface area contributed by atoms with Crippen molar-refractivity contribution in [3.05, 3.63) is 63.6 Å². The number of nitrogens with one attached hydrogen (secondary N) is 1. The lowest BCUT2D eigenvalue weighted by Crippen LogP contribution is -2.21. The third kappa shape index (κ3) is 5.34. The van der Waals surface area contributed by atoms with Crippen molar-refractivity contribution in [3.8, 4) is 5.75 Å². The highest BCUT2D eigenvalue weighted by atomic mass is 79.9. The third-order valence-corrected chi connectivity index (χ3v) is 4.03. The highest BCUT2D eigenvalue weighted by molar-refractivity contribution is 9.10. The number of rotatable bonds is 7. The van der Waals surface area contributed by atoms with Crippen molar-refractivity contribution in [2.45, 2.75) is 19.4 Å². The van der Waals surface area contributed by atoms with Crippen LogP contribution in [0.5, 0.6) is 5.75 Å². The molecule has 4 heteroatoms. The van der Waals surface area contributed by atoms with E-state index in [9.17, 15) is 0 Å². The lowest BCUT2D eigenvalue weighted by molar-refractivity contribution is 0.305. The zero-order chi connectivity index (χ0) is 15.1. The second kappa shape index (κ2) is 8.42. The molecular formula is C17H19BrClNO. The summed E-state index contributed by atoms with van der Waals surface area (Å²) in [5.41, 5.74) is 1.11. The van der Waals surface area contributed by atoms with Crippen molar-refractivity contribution < 1.29 is 4.74 Å². The highest BCUT2D eigenvalue weighted by Gasteiger charge is 2.08. The van der Waals surface area contributed by atoms with Gasteiger partial charge in [0.2, 0.25) is 0 Å². The van der Waals surface area contributed by atoms with Crippen LogP contribution in [0.25, 0.3) is 0 Å². The summed E-state index contributed by atoms with van der Waals surface area (Å²) in [6, 6.07) is 16.1. The number of benzene rings is 2. The molecule has 0 amide bonds. The van der Waals surface area contributed by atoms with Gasteiger partial charge in [-0.25, -0.2) is 0 Å². The average Bonchev–Trinajstić information content (AvgIpc) is 2.47. The van der Waals surface area contributed by atoms with Crippen LogP contribution in [0, 0.1) is 0 Å². The lowest BCUT2D eigenvalue weighted by atomic mass is 10.1. The summed E-state index contributed by atoms with van der Waals surface area (Å²) in [5, 5.41) is 4.25. The van der Waals surface area contributed by atoms with E-state index >= 15 is 0 Å². The van der Waals surface area contributed by atoms with Crippen LogP contribution in [-0.4, -0.2) is 13.2 Å². The molecule has 0 spiro atoms. The SMILES string of the molecule is CC(NCCCOc1ccccc1)c1ccc(Br)cc1Cl. The predicted octanol–water partition coefficient (Wildman–Crippen LogP) is 5.22. The van der Waals surface area contributed by atoms with Gasteiger partial charge in [-0.15, -0.1) is 0 Å². The van der Waals surface area contributed by atoms with E-state index < -0.39 is 0 Å². The summed E-state index contributed by atoms with van der Waals surface area (Å²) in [6.45, 7) is 3.71. The Morgan fingerprint density at radius 1 is 1.19 bits per heavy atom. The highest BCUT2D eigenvalue weighted by Crippen LogP contribution is 2.26. The van der Waals surface area contributed by atoms with Gasteiger partial charge in [-0.1, -0.05) is 51.8 Å². The molecule has 1 unspecified atom stereocenters. The van der Waals surface area contributed by atoms with Crippen molar-refractivity contribution in [2.75, 3.05) is 13.2 Å². The first kappa shape index (κ1) is 16.3. The number of hydrogen-bond donors (Lipinski definition) is 1. The average molecular weight is 369 g/mol. The molecule has 1 N–H and O–H groups in total. The van der Waals surface area contributed by atoms with Crippen LogP contribution in [0.2, 0.25) is 5.02 Å². The second-order valence-corrected chi connectivity index (χ2v) is 6.18. The smallest absolute Gasteiger partial charge is 0.119 e. The predicted molar refractivity (Wildman–Crippen MR) is 92.1 cm³/mol. The molecular weight excluding hydrogens is 350 g/mol. The Balaban J connectivity index is 1.71. The summed E-state index contributed by atoms with van der Waals surface area (Å²) < 4.78 is 6.66. The van der Waals surface area contributed by atoms with Crippen LogP contribution < -0.4 is 10.1 Å². The van der Waals surface area contributed by atoms with E-state index in [0.29, 0.717) is 6.61 Å². The molecule has 2 nitrogen and oxygen atoms in total. The Hall–Kier alpha value is -1.03. The first-order chi connectivity index (χ1) is 10.2. The maximum Gasteiger partial charge on any atom is 0.119 e. The minimum absolute atomic E-state index is 0.224. The van der Waals surface area contributed by atoms with Crippen LogP contribution in [0.4, 0.5) is 0 Å². The van der Waals surface area contributed by atoms with Crippen molar-refractivity contribution in [2.24, 2.45) is 0 Å². The van der Waals surface area contributed by atoms with Gasteiger partial charge < -0.3 is 10.1 Å². The van der Waals surface area contributed by atoms with Gasteiger partial charge in [-0.05, 0) is 49.7 Å². The number of para-hydroxylation sites is 1. The normalized spacial score (nSPS) is 12.1. The molecule has 0 saturated carbocycles. The van der Waals surface area contributed by atoms with Crippen molar-refractivity contribution in [3.63, 3.8) is 0 Å². The van der Waals surface area contributed by atoms with Crippen LogP contribution in [-0.2, 0) is 0 Å². The topological polar surface area (TPSA) is 21.3 Å². The maximum absolute atomic E-state index is 6.25. The largest absolute Gasteiger partial charge is 0.494 e. The number of ether oxygens (including phenoxy) is 1. The fraction of sp³-hybridized carbons (Fsp3) is 0.294. The molecule has 0 saturated heterocycles. The zero-order valence-electron chi connectivity index (χ0n) is 12.0. The number of halogens is 2. The van der Waals surface area contributed by atoms with Crippen molar-refractivity contribution in [1.82, 2.24) is 5.32 Å². The van der Waals surface area contributed by atoms with E-state index in [4.69, 9.17) is 16.3 Å². The van der Waals surface area contributed by atoms with Crippen molar-refractivity contribution >= 4 is 27.5 Å². The molecule has 2 aromatic carbocycles. The molecule has 0 radical (unpaired) electrons. The van der Waals surface area contributed by atoms with Gasteiger partial charge >= 0.3 is 0 Å². The van der Waals surface area contributed by atoms with Gasteiger partial charge in [0.25, 0.3) is 0 Å². The molecule has 0 bridgehead atoms. The molecule has 2 rings (SSSR count). The zero-order valence-corrected chi connectivity index (χ0v) is 14.3. The molecule has 2 aromatic rings. The van der Waals surface area contributed by atoms with Gasteiger partial charge in [0, 0.05) is 15.5 Å². The minimum Gasteiger partial charge on any atom is -0.494 e. The summed E-state index contributed by atoms with van der Waals surface area (Å²) in [7, 11) is 0. The fourth-order valence-electron chi connectivity index (χ4n) is 2.06. The van der Waals surface area contributed by atoms with Gasteiger partial charge in [0.1, 0.15) is 5.75 Å². The molecule has 0 aliphatic carbocycles. The van der Waals surface area contributed by atoms with Crippen LogP contribution in [0.15, 0.2) is 53.0 Å². The summed E-state index contributed by atoms with van der Waals surface area (Å²) in [5.74, 6) is 0.918. The first-order valence-corrected chi connectivity index (χ1v) is 8.20. The monoisotopic (exact) mass is 367 g/mol. The molecule has 0 aliphatic rings. The molecule has 112 valence electrons. The van der Waals surface area contributed by atoms with Gasteiger partial charge in [-0.2, -0.15) is 0 Å². The van der Waals surface area contributed by atoms with E-state index in [1.54, 1.807) is 0 Å². The molecule has 0 heterocycles. The lowest BCUT2D eigenvalue weighted by Gasteiger charge is -2.16. The van der Waals surface area contributed by atoms with Crippen molar-refractivity contribution in [1.29, 1.82) is 0 Å². The Morgan fingerprint density at radius 2 is 1.95 bits per heavy atom. The number of hydrogen-bond acceptors (Lipinski definition) is 2. The summed E-state index contributed by atoms with van der Waals surface area (Å²) >= 11 is 9.67. The fourth-order valence-corrected chi connectivity index (χ4v) is 2.90. The Bertz CT molecular complexity index is 562. The van der Waals surface area contributed by atoms with E-state index in [0.717, 1.165) is 33.8 Å². The Morgan fingerprint density at radius 3 is 2.67 bits per heavy atom. The molecule has 0 fully saturated rings. The standard InChI is InChI=1S/C17H19BrClNO/c1-13(16-9-8-14(18)12-17(16)19)20-10-5-11-21-15-6-3-2-4-7-15/h2-4,6-9,12-13,20H,5,10-11H2,1H3. The maximum atomic E-state index is 6.25. The Labute approximate surface area is 139 Å². The van der Waals surface area contributed by atoms with E-state index in [2.05, 4.69) is 28.2 Å². The molecule has 1 atom stereocenters. The first-order valence-electron chi connectivity index (χ1n) is 7.03. The van der Waals surface area contributed by atoms with E-state index in [-0.39, 0.29) is 6.04 Å². The summed E-state index contributed by atoms with van der Waals surface area (Å²) in [6.07, 6.45) is 0.952. The van der Waals surface area contributed by atoms with Gasteiger partial charge in [0.05, 0.1) is 6.61 Å². The van der Waals surface area contributed by atoms with E-state index in [1.165, 1.54) is 0 Å². The Kier molecular flexibility index (Phi) is 6.55. The molecule has 0 aromatic heterocycles. The van der Waals surface area contributed by atoms with Crippen LogP contribution in [0.1, 0.15) is 24.9 Å².